The summed E-state index contributed by atoms with van der Waals surface area (Å²) >= 11 is 11.9. The number of benzene rings is 4. The average molecular weight is 562 g/mol. The summed E-state index contributed by atoms with van der Waals surface area (Å²) in [6, 6.07) is 24.9. The molecule has 0 aliphatic rings. The van der Waals surface area contributed by atoms with Crippen LogP contribution in [0.4, 0.5) is 0 Å². The van der Waals surface area contributed by atoms with Crippen LogP contribution in [0.15, 0.2) is 90.0 Å². The standard InChI is InChI=1S/C31H29Cl2N3O3/c1-20(2)17-28(35-30(37)23-9-14-25(33)15-10-23)31(38)36-34-18-27-26-6-4-3-5-22(26)11-16-29(27)39-19-21-7-12-24(32)13-8-21/h3-16,18,20,28H,17,19H2,1-2H3,(H,35,37)(H,36,38)/b34-18+. The molecule has 0 fully saturated rings. The largest absolute Gasteiger partial charge is 0.488 e. The molecule has 2 N–H and O–H groups in total. The van der Waals surface area contributed by atoms with Crippen LogP contribution in [0.25, 0.3) is 10.8 Å². The number of carbonyl (C=O) groups is 2. The monoisotopic (exact) mass is 561 g/mol. The van der Waals surface area contributed by atoms with Crippen molar-refractivity contribution in [2.45, 2.75) is 32.9 Å². The first kappa shape index (κ1) is 28.1. The maximum atomic E-state index is 13.1. The van der Waals surface area contributed by atoms with Gasteiger partial charge in [0.15, 0.2) is 0 Å². The summed E-state index contributed by atoms with van der Waals surface area (Å²) in [5.74, 6) is 0.0205. The molecule has 4 rings (SSSR count). The third-order valence-corrected chi connectivity index (χ3v) is 6.55. The molecule has 4 aromatic carbocycles. The molecule has 2 amide bonds. The van der Waals surface area contributed by atoms with Crippen LogP contribution in [-0.4, -0.2) is 24.1 Å². The van der Waals surface area contributed by atoms with Gasteiger partial charge in [0, 0.05) is 21.2 Å². The molecule has 8 heteroatoms. The van der Waals surface area contributed by atoms with Gasteiger partial charge in [-0.1, -0.05) is 79.5 Å². The lowest BCUT2D eigenvalue weighted by atomic mass is 10.0. The van der Waals surface area contributed by atoms with Crippen LogP contribution in [0.2, 0.25) is 10.0 Å². The van der Waals surface area contributed by atoms with Crippen LogP contribution in [0, 0.1) is 5.92 Å². The van der Waals surface area contributed by atoms with Crippen LogP contribution in [0.5, 0.6) is 5.75 Å². The molecule has 0 aromatic heterocycles. The maximum absolute atomic E-state index is 13.1. The highest BCUT2D eigenvalue weighted by Gasteiger charge is 2.22. The minimum Gasteiger partial charge on any atom is -0.488 e. The van der Waals surface area contributed by atoms with Gasteiger partial charge in [0.2, 0.25) is 0 Å². The van der Waals surface area contributed by atoms with Crippen molar-refractivity contribution >= 4 is 52.0 Å². The van der Waals surface area contributed by atoms with Crippen molar-refractivity contribution in [1.29, 1.82) is 0 Å². The van der Waals surface area contributed by atoms with Gasteiger partial charge >= 0.3 is 0 Å². The summed E-state index contributed by atoms with van der Waals surface area (Å²) in [5.41, 5.74) is 4.72. The van der Waals surface area contributed by atoms with Crippen molar-refractivity contribution in [1.82, 2.24) is 10.7 Å². The summed E-state index contributed by atoms with van der Waals surface area (Å²) in [6.45, 7) is 4.31. The van der Waals surface area contributed by atoms with Gasteiger partial charge in [-0.2, -0.15) is 5.10 Å². The second kappa shape index (κ2) is 13.3. The third-order valence-electron chi connectivity index (χ3n) is 6.04. The molecule has 1 unspecified atom stereocenters. The van der Waals surface area contributed by atoms with Gasteiger partial charge in [-0.05, 0) is 71.1 Å². The minimum absolute atomic E-state index is 0.168. The fraction of sp³-hybridized carbons (Fsp3) is 0.194. The Labute approximate surface area is 238 Å². The van der Waals surface area contributed by atoms with Crippen LogP contribution in [0.3, 0.4) is 0 Å². The Morgan fingerprint density at radius 1 is 0.897 bits per heavy atom. The third kappa shape index (κ3) is 7.82. The molecule has 0 bridgehead atoms. The SMILES string of the molecule is CC(C)CC(NC(=O)c1ccc(Cl)cc1)C(=O)N/N=C/c1c(OCc2ccc(Cl)cc2)ccc2ccccc12. The van der Waals surface area contributed by atoms with Crippen LogP contribution in [-0.2, 0) is 11.4 Å². The quantitative estimate of drug-likeness (QED) is 0.161. The predicted octanol–water partition coefficient (Wildman–Crippen LogP) is 7.02. The number of ether oxygens (including phenoxy) is 1. The van der Waals surface area contributed by atoms with E-state index in [4.69, 9.17) is 27.9 Å². The number of fused-ring (bicyclic) bond motifs is 1. The molecule has 1 atom stereocenters. The Hall–Kier alpha value is -3.87. The first-order valence-electron chi connectivity index (χ1n) is 12.6. The van der Waals surface area contributed by atoms with E-state index in [0.29, 0.717) is 34.4 Å². The highest BCUT2D eigenvalue weighted by Crippen LogP contribution is 2.27. The van der Waals surface area contributed by atoms with E-state index in [-0.39, 0.29) is 11.8 Å². The van der Waals surface area contributed by atoms with E-state index in [0.717, 1.165) is 21.9 Å². The summed E-state index contributed by atoms with van der Waals surface area (Å²) in [6.07, 6.45) is 2.02. The zero-order chi connectivity index (χ0) is 27.8. The zero-order valence-electron chi connectivity index (χ0n) is 21.7. The number of nitrogens with one attached hydrogen (secondary N) is 2. The molecule has 0 saturated heterocycles. The number of carbonyl (C=O) groups excluding carboxylic acids is 2. The molecule has 0 heterocycles. The predicted molar refractivity (Wildman–Crippen MR) is 158 cm³/mol. The van der Waals surface area contributed by atoms with Crippen molar-refractivity contribution in [3.63, 3.8) is 0 Å². The first-order chi connectivity index (χ1) is 18.8. The Bertz CT molecular complexity index is 1470. The second-order valence-corrected chi connectivity index (χ2v) is 10.4. The van der Waals surface area contributed by atoms with E-state index in [1.807, 2.05) is 74.5 Å². The highest BCUT2D eigenvalue weighted by atomic mass is 35.5. The van der Waals surface area contributed by atoms with Gasteiger partial charge in [-0.25, -0.2) is 5.43 Å². The molecule has 200 valence electrons. The zero-order valence-corrected chi connectivity index (χ0v) is 23.2. The number of rotatable bonds is 10. The van der Waals surface area contributed by atoms with Gasteiger partial charge in [-0.3, -0.25) is 9.59 Å². The van der Waals surface area contributed by atoms with Crippen LogP contribution >= 0.6 is 23.2 Å². The van der Waals surface area contributed by atoms with E-state index in [1.54, 1.807) is 30.5 Å². The molecule has 6 nitrogen and oxygen atoms in total. The fourth-order valence-electron chi connectivity index (χ4n) is 4.06. The van der Waals surface area contributed by atoms with Crippen LogP contribution in [0.1, 0.15) is 41.8 Å². The van der Waals surface area contributed by atoms with E-state index in [2.05, 4.69) is 15.8 Å². The molecular weight excluding hydrogens is 533 g/mol. The van der Waals surface area contributed by atoms with E-state index in [1.165, 1.54) is 0 Å². The smallest absolute Gasteiger partial charge is 0.262 e. The normalized spacial score (nSPS) is 12.0. The molecule has 4 aromatic rings. The summed E-state index contributed by atoms with van der Waals surface area (Å²) < 4.78 is 6.13. The average Bonchev–Trinajstić information content (AvgIpc) is 2.93. The van der Waals surface area contributed by atoms with E-state index < -0.39 is 11.9 Å². The second-order valence-electron chi connectivity index (χ2n) is 9.51. The van der Waals surface area contributed by atoms with Gasteiger partial charge in [0.25, 0.3) is 11.8 Å². The summed E-state index contributed by atoms with van der Waals surface area (Å²) in [7, 11) is 0. The first-order valence-corrected chi connectivity index (χ1v) is 13.3. The van der Waals surface area contributed by atoms with Crippen LogP contribution < -0.4 is 15.5 Å². The van der Waals surface area contributed by atoms with Crippen molar-refractivity contribution in [3.05, 3.63) is 112 Å². The maximum Gasteiger partial charge on any atom is 0.262 e. The number of amides is 2. The molecule has 0 aliphatic carbocycles. The Morgan fingerprint density at radius 2 is 1.56 bits per heavy atom. The van der Waals surface area contributed by atoms with Crippen molar-refractivity contribution in [3.8, 4) is 5.75 Å². The van der Waals surface area contributed by atoms with E-state index in [9.17, 15) is 9.59 Å². The Balaban J connectivity index is 1.51. The molecule has 0 aliphatic heterocycles. The van der Waals surface area contributed by atoms with Crippen molar-refractivity contribution in [2.75, 3.05) is 0 Å². The molecule has 0 radical (unpaired) electrons. The van der Waals surface area contributed by atoms with Crippen molar-refractivity contribution < 1.29 is 14.3 Å². The number of hydrogen-bond acceptors (Lipinski definition) is 4. The fourth-order valence-corrected chi connectivity index (χ4v) is 4.31. The Morgan fingerprint density at radius 3 is 2.26 bits per heavy atom. The molecular formula is C31H29Cl2N3O3. The lowest BCUT2D eigenvalue weighted by Crippen LogP contribution is -2.46. The molecule has 0 saturated carbocycles. The molecule has 0 spiro atoms. The topological polar surface area (TPSA) is 79.8 Å². The van der Waals surface area contributed by atoms with Gasteiger partial charge < -0.3 is 10.1 Å². The van der Waals surface area contributed by atoms with Gasteiger partial charge in [0.1, 0.15) is 18.4 Å². The van der Waals surface area contributed by atoms with E-state index >= 15 is 0 Å². The Kier molecular flexibility index (Phi) is 9.58. The van der Waals surface area contributed by atoms with Crippen molar-refractivity contribution in [2.24, 2.45) is 11.0 Å². The van der Waals surface area contributed by atoms with Gasteiger partial charge in [-0.15, -0.1) is 0 Å². The highest BCUT2D eigenvalue weighted by molar-refractivity contribution is 6.30. The van der Waals surface area contributed by atoms with Gasteiger partial charge in [0.05, 0.1) is 6.21 Å². The lowest BCUT2D eigenvalue weighted by Gasteiger charge is -2.19. The minimum atomic E-state index is -0.765. The number of nitrogens with zero attached hydrogens (tertiary/aromatic N) is 1. The lowest BCUT2D eigenvalue weighted by molar-refractivity contribution is -0.123. The summed E-state index contributed by atoms with van der Waals surface area (Å²) in [5, 5.41) is 10.2. The number of hydrogen-bond donors (Lipinski definition) is 2. The number of halogens is 2. The molecule has 39 heavy (non-hydrogen) atoms. The summed E-state index contributed by atoms with van der Waals surface area (Å²) in [4.78, 5) is 25.8. The number of hydrazone groups is 1.